The predicted molar refractivity (Wildman–Crippen MR) is 103 cm³/mol. The van der Waals surface area contributed by atoms with Gasteiger partial charge in [0.2, 0.25) is 0 Å². The van der Waals surface area contributed by atoms with Crippen molar-refractivity contribution in [3.63, 3.8) is 0 Å². The smallest absolute Gasteiger partial charge is 0.348 e. The average Bonchev–Trinajstić information content (AvgIpc) is 3.10. The summed E-state index contributed by atoms with van der Waals surface area (Å²) in [6.45, 7) is 2.52. The zero-order valence-electron chi connectivity index (χ0n) is 15.0. The van der Waals surface area contributed by atoms with Gasteiger partial charge in [-0.05, 0) is 18.6 Å². The molecule has 3 rings (SSSR count). The van der Waals surface area contributed by atoms with E-state index >= 15 is 0 Å². The van der Waals surface area contributed by atoms with Crippen LogP contribution in [0.25, 0.3) is 17.3 Å². The van der Waals surface area contributed by atoms with Crippen LogP contribution in [0, 0.1) is 11.3 Å². The maximum Gasteiger partial charge on any atom is 0.348 e. The summed E-state index contributed by atoms with van der Waals surface area (Å²) in [5, 5.41) is 14.0. The van der Waals surface area contributed by atoms with E-state index < -0.39 is 5.97 Å². The third kappa shape index (κ3) is 4.50. The van der Waals surface area contributed by atoms with E-state index in [1.165, 1.54) is 6.08 Å². The minimum atomic E-state index is -0.630. The first-order valence-electron chi connectivity index (χ1n) is 8.67. The van der Waals surface area contributed by atoms with Gasteiger partial charge in [-0.1, -0.05) is 60.7 Å². The molecule has 1 aromatic heterocycles. The van der Waals surface area contributed by atoms with Crippen LogP contribution in [0.15, 0.2) is 72.4 Å². The van der Waals surface area contributed by atoms with E-state index in [4.69, 9.17) is 4.74 Å². The Morgan fingerprint density at radius 2 is 1.81 bits per heavy atom. The van der Waals surface area contributed by atoms with Gasteiger partial charge in [0.15, 0.2) is 0 Å². The van der Waals surface area contributed by atoms with Crippen molar-refractivity contribution < 1.29 is 9.53 Å². The monoisotopic (exact) mass is 357 g/mol. The molecule has 0 aliphatic carbocycles. The molecule has 0 saturated carbocycles. The van der Waals surface area contributed by atoms with Crippen LogP contribution in [0.3, 0.4) is 0 Å². The maximum absolute atomic E-state index is 12.0. The van der Waals surface area contributed by atoms with Crippen molar-refractivity contribution in [1.82, 2.24) is 9.78 Å². The van der Waals surface area contributed by atoms with E-state index in [9.17, 15) is 10.1 Å². The molecule has 134 valence electrons. The first-order chi connectivity index (χ1) is 13.2. The Morgan fingerprint density at radius 3 is 2.44 bits per heavy atom. The van der Waals surface area contributed by atoms with Crippen molar-refractivity contribution >= 4 is 12.0 Å². The van der Waals surface area contributed by atoms with Gasteiger partial charge in [-0.3, -0.25) is 4.68 Å². The topological polar surface area (TPSA) is 67.9 Å². The fourth-order valence-corrected chi connectivity index (χ4v) is 2.72. The molecule has 0 fully saturated rings. The van der Waals surface area contributed by atoms with Gasteiger partial charge in [-0.15, -0.1) is 0 Å². The molecule has 3 aromatic rings. The molecular weight excluding hydrogens is 338 g/mol. The Bertz CT molecular complexity index is 983. The summed E-state index contributed by atoms with van der Waals surface area (Å²) in [6.07, 6.45) is 3.38. The molecule has 27 heavy (non-hydrogen) atoms. The Kier molecular flexibility index (Phi) is 5.80. The summed E-state index contributed by atoms with van der Waals surface area (Å²) in [4.78, 5) is 12.0. The Hall–Kier alpha value is -3.65. The van der Waals surface area contributed by atoms with Crippen LogP contribution in [0.4, 0.5) is 0 Å². The number of carbonyl (C=O) groups is 1. The highest BCUT2D eigenvalue weighted by Gasteiger charge is 2.15. The predicted octanol–water partition coefficient (Wildman–Crippen LogP) is 4.07. The van der Waals surface area contributed by atoms with Crippen molar-refractivity contribution in [3.8, 4) is 17.3 Å². The number of hydrogen-bond acceptors (Lipinski definition) is 4. The molecule has 0 unspecified atom stereocenters. The number of benzene rings is 2. The highest BCUT2D eigenvalue weighted by molar-refractivity contribution is 5.98. The zero-order chi connectivity index (χ0) is 19.1. The normalized spacial score (nSPS) is 11.0. The van der Waals surface area contributed by atoms with Gasteiger partial charge in [0, 0.05) is 17.3 Å². The fourth-order valence-electron chi connectivity index (χ4n) is 2.72. The molecule has 5 heteroatoms. The first kappa shape index (κ1) is 18.2. The van der Waals surface area contributed by atoms with Crippen molar-refractivity contribution in [2.45, 2.75) is 13.5 Å². The number of rotatable bonds is 6. The average molecular weight is 357 g/mol. The summed E-state index contributed by atoms with van der Waals surface area (Å²) in [6, 6.07) is 21.6. The Balaban J connectivity index is 2.03. The second kappa shape index (κ2) is 8.63. The SMILES string of the molecule is CCOC(=O)/C(C#N)=C/c1cn(Cc2ccccc2)nc1-c1ccccc1. The van der Waals surface area contributed by atoms with Gasteiger partial charge in [0.05, 0.1) is 18.8 Å². The van der Waals surface area contributed by atoms with E-state index in [0.717, 1.165) is 11.1 Å². The summed E-state index contributed by atoms with van der Waals surface area (Å²) >= 11 is 0. The highest BCUT2D eigenvalue weighted by atomic mass is 16.5. The van der Waals surface area contributed by atoms with E-state index in [2.05, 4.69) is 5.10 Å². The van der Waals surface area contributed by atoms with Crippen LogP contribution in [0.1, 0.15) is 18.1 Å². The Labute approximate surface area is 158 Å². The van der Waals surface area contributed by atoms with Crippen LogP contribution in [0.5, 0.6) is 0 Å². The molecule has 0 bridgehead atoms. The quantitative estimate of drug-likeness (QED) is 0.379. The molecule has 0 radical (unpaired) electrons. The third-order valence-electron chi connectivity index (χ3n) is 3.94. The number of carbonyl (C=O) groups excluding carboxylic acids is 1. The van der Waals surface area contributed by atoms with Crippen molar-refractivity contribution in [1.29, 1.82) is 5.26 Å². The second-order valence-corrected chi connectivity index (χ2v) is 5.87. The van der Waals surface area contributed by atoms with Crippen molar-refractivity contribution in [3.05, 3.63) is 83.6 Å². The molecule has 0 amide bonds. The van der Waals surface area contributed by atoms with E-state index in [1.807, 2.05) is 77.6 Å². The molecule has 1 heterocycles. The maximum atomic E-state index is 12.0. The molecule has 0 saturated heterocycles. The van der Waals surface area contributed by atoms with Crippen LogP contribution in [0.2, 0.25) is 0 Å². The summed E-state index contributed by atoms with van der Waals surface area (Å²) in [7, 11) is 0. The molecule has 0 atom stereocenters. The number of nitrogens with zero attached hydrogens (tertiary/aromatic N) is 3. The standard InChI is InChI=1S/C22H19N3O2/c1-2-27-22(26)19(14-23)13-20-16-25(15-17-9-5-3-6-10-17)24-21(20)18-11-7-4-8-12-18/h3-13,16H,2,15H2,1H3/b19-13+. The van der Waals surface area contributed by atoms with Crippen LogP contribution >= 0.6 is 0 Å². The Morgan fingerprint density at radius 1 is 1.15 bits per heavy atom. The molecule has 2 aromatic carbocycles. The van der Waals surface area contributed by atoms with Gasteiger partial charge >= 0.3 is 5.97 Å². The summed E-state index contributed by atoms with van der Waals surface area (Å²) in [5.41, 5.74) is 3.39. The number of aromatic nitrogens is 2. The van der Waals surface area contributed by atoms with Crippen molar-refractivity contribution in [2.24, 2.45) is 0 Å². The summed E-state index contributed by atoms with van der Waals surface area (Å²) < 4.78 is 6.77. The first-order valence-corrected chi connectivity index (χ1v) is 8.67. The number of ether oxygens (including phenoxy) is 1. The third-order valence-corrected chi connectivity index (χ3v) is 3.94. The van der Waals surface area contributed by atoms with Gasteiger partial charge < -0.3 is 4.74 Å². The van der Waals surface area contributed by atoms with Crippen LogP contribution < -0.4 is 0 Å². The van der Waals surface area contributed by atoms with E-state index in [1.54, 1.807) is 6.92 Å². The van der Waals surface area contributed by atoms with Gasteiger partial charge in [-0.2, -0.15) is 10.4 Å². The fraction of sp³-hybridized carbons (Fsp3) is 0.136. The molecular formula is C22H19N3O2. The molecule has 5 nitrogen and oxygen atoms in total. The zero-order valence-corrected chi connectivity index (χ0v) is 15.0. The molecule has 0 aliphatic heterocycles. The number of hydrogen-bond donors (Lipinski definition) is 0. The van der Waals surface area contributed by atoms with Crippen molar-refractivity contribution in [2.75, 3.05) is 6.61 Å². The lowest BCUT2D eigenvalue weighted by molar-refractivity contribution is -0.137. The second-order valence-electron chi connectivity index (χ2n) is 5.87. The highest BCUT2D eigenvalue weighted by Crippen LogP contribution is 2.24. The largest absolute Gasteiger partial charge is 0.462 e. The molecule has 0 aliphatic rings. The minimum absolute atomic E-state index is 0.0479. The lowest BCUT2D eigenvalue weighted by atomic mass is 10.1. The molecule has 0 spiro atoms. The lowest BCUT2D eigenvalue weighted by Crippen LogP contribution is -2.06. The van der Waals surface area contributed by atoms with Gasteiger partial charge in [0.1, 0.15) is 11.6 Å². The van der Waals surface area contributed by atoms with Crippen LogP contribution in [-0.4, -0.2) is 22.4 Å². The molecule has 0 N–H and O–H groups in total. The minimum Gasteiger partial charge on any atom is -0.462 e. The van der Waals surface area contributed by atoms with E-state index in [0.29, 0.717) is 17.8 Å². The van der Waals surface area contributed by atoms with E-state index in [-0.39, 0.29) is 12.2 Å². The van der Waals surface area contributed by atoms with Crippen LogP contribution in [-0.2, 0) is 16.1 Å². The summed E-state index contributed by atoms with van der Waals surface area (Å²) in [5.74, 6) is -0.630. The number of esters is 1. The van der Waals surface area contributed by atoms with Gasteiger partial charge in [-0.25, -0.2) is 4.79 Å². The lowest BCUT2D eigenvalue weighted by Gasteiger charge is -2.01. The van der Waals surface area contributed by atoms with Gasteiger partial charge in [0.25, 0.3) is 0 Å². The number of nitriles is 1.